The van der Waals surface area contributed by atoms with Gasteiger partial charge in [-0.25, -0.2) is 16.8 Å². The van der Waals surface area contributed by atoms with Crippen molar-refractivity contribution in [2.75, 3.05) is 0 Å². The van der Waals surface area contributed by atoms with Crippen LogP contribution in [0.25, 0.3) is 0 Å². The average molecular weight is 347 g/mol. The molecule has 0 rings (SSSR count). The topological polar surface area (TPSA) is 172 Å². The summed E-state index contributed by atoms with van der Waals surface area (Å²) in [7, 11) is -9.83. The van der Waals surface area contributed by atoms with E-state index >= 15 is 0 Å². The predicted molar refractivity (Wildman–Crippen MR) is 25.3 cm³/mol. The normalized spacial score (nSPS) is 8.50. The first-order chi connectivity index (χ1) is 5.00. The Morgan fingerprint density at radius 3 is 0.786 bits per heavy atom. The Bertz CT molecular complexity index is 230. The van der Waals surface area contributed by atoms with Gasteiger partial charge in [-0.1, -0.05) is 0 Å². The van der Waals surface area contributed by atoms with Crippen LogP contribution in [-0.2, 0) is 48.3 Å². The molecule has 0 aromatic heterocycles. The van der Waals surface area contributed by atoms with Crippen LogP contribution in [0.2, 0.25) is 0 Å². The third-order valence-corrected chi connectivity index (χ3v) is 0. The standard InChI is InChI=1S/2Na.2H2O4S.O.Zr/c;;2*1-5(2,3)4;;/h;;2*(H2,1,2,3,4);;/q2*+1;;;;/p-2. The zero-order chi connectivity index (χ0) is 11.0. The minimum atomic E-state index is -4.92. The van der Waals surface area contributed by atoms with Crippen molar-refractivity contribution in [1.29, 1.82) is 0 Å². The van der Waals surface area contributed by atoms with E-state index in [1.54, 1.807) is 0 Å². The summed E-state index contributed by atoms with van der Waals surface area (Å²) in [6.45, 7) is 0. The summed E-state index contributed by atoms with van der Waals surface area (Å²) in [6, 6.07) is 0. The molecule has 0 amide bonds. The van der Waals surface area contributed by atoms with Crippen LogP contribution in [0.1, 0.15) is 0 Å². The van der Waals surface area contributed by atoms with Crippen molar-refractivity contribution in [3.05, 3.63) is 0 Å². The monoisotopic (exact) mass is 346 g/mol. The van der Waals surface area contributed by atoms with E-state index in [4.69, 9.17) is 37.9 Å². The van der Waals surface area contributed by atoms with Gasteiger partial charge in [-0.15, -0.1) is 0 Å². The summed E-state index contributed by atoms with van der Waals surface area (Å²) in [5.41, 5.74) is 0. The van der Waals surface area contributed by atoms with Crippen molar-refractivity contribution in [1.82, 2.24) is 0 Å². The van der Waals surface area contributed by atoms with Crippen LogP contribution in [0, 0.1) is 0 Å². The van der Waals surface area contributed by atoms with Crippen LogP contribution in [0.5, 0.6) is 0 Å². The number of hydrogen-bond acceptors (Lipinski definition) is 7. The summed E-state index contributed by atoms with van der Waals surface area (Å²) in [5, 5.41) is 0. The SMILES string of the molecule is O=S(=O)([O-])O.O=S(=O)([O-])O.[Na+].[Na+].[O]=[Zr]. The molecular weight excluding hydrogens is 345 g/mol. The molecule has 0 aliphatic carbocycles. The van der Waals surface area contributed by atoms with E-state index in [-0.39, 0.29) is 59.1 Å². The van der Waals surface area contributed by atoms with Crippen molar-refractivity contribution in [3.63, 3.8) is 0 Å². The first-order valence-electron chi connectivity index (χ1n) is 1.57. The molecule has 0 heterocycles. The van der Waals surface area contributed by atoms with Crippen molar-refractivity contribution in [3.8, 4) is 0 Å². The first-order valence-corrected chi connectivity index (χ1v) is 5.30. The van der Waals surface area contributed by atoms with Gasteiger partial charge in [0.25, 0.3) is 0 Å². The van der Waals surface area contributed by atoms with E-state index in [0.717, 1.165) is 0 Å². The van der Waals surface area contributed by atoms with Gasteiger partial charge in [0.2, 0.25) is 20.8 Å². The van der Waals surface area contributed by atoms with E-state index in [2.05, 4.69) is 0 Å². The number of hydrogen-bond donors (Lipinski definition) is 2. The van der Waals surface area contributed by atoms with Gasteiger partial charge in [-0.05, 0) is 0 Å². The maximum absolute atomic E-state index is 8.63. The van der Waals surface area contributed by atoms with Crippen LogP contribution < -0.4 is 59.1 Å². The first kappa shape index (κ1) is 29.9. The van der Waals surface area contributed by atoms with Crippen molar-refractivity contribution in [2.45, 2.75) is 0 Å². The molecule has 0 aromatic carbocycles. The molecule has 0 radical (unpaired) electrons. The van der Waals surface area contributed by atoms with E-state index in [9.17, 15) is 0 Å². The maximum atomic E-state index is 8.63. The molecule has 0 aliphatic heterocycles. The van der Waals surface area contributed by atoms with Gasteiger partial charge in [0.15, 0.2) is 0 Å². The van der Waals surface area contributed by atoms with Crippen LogP contribution in [0.3, 0.4) is 0 Å². The molecule has 2 N–H and O–H groups in total. The molecule has 0 atom stereocenters. The molecule has 9 nitrogen and oxygen atoms in total. The van der Waals surface area contributed by atoms with Gasteiger partial charge in [0.05, 0.1) is 0 Å². The van der Waals surface area contributed by atoms with Gasteiger partial charge in [-0.3, -0.25) is 9.11 Å². The molecule has 0 spiro atoms. The Morgan fingerprint density at radius 2 is 0.786 bits per heavy atom. The van der Waals surface area contributed by atoms with Gasteiger partial charge in [0, 0.05) is 0 Å². The molecule has 14 heavy (non-hydrogen) atoms. The van der Waals surface area contributed by atoms with Gasteiger partial charge < -0.3 is 9.11 Å². The fourth-order valence-corrected chi connectivity index (χ4v) is 0. The Kier molecular flexibility index (Phi) is 33.0. The molecule has 0 saturated heterocycles. The summed E-state index contributed by atoms with van der Waals surface area (Å²) in [6.07, 6.45) is 0. The van der Waals surface area contributed by atoms with Gasteiger partial charge in [0.1, 0.15) is 0 Å². The van der Waals surface area contributed by atoms with E-state index < -0.39 is 20.8 Å². The second-order valence-corrected chi connectivity index (χ2v) is 2.57. The molecule has 0 unspecified atom stereocenters. The molecule has 0 fully saturated rings. The van der Waals surface area contributed by atoms with Crippen LogP contribution in [0.15, 0.2) is 0 Å². The summed E-state index contributed by atoms with van der Waals surface area (Å²) < 4.78 is 74.0. The Morgan fingerprint density at radius 1 is 0.786 bits per heavy atom. The second kappa shape index (κ2) is 15.4. The van der Waals surface area contributed by atoms with E-state index in [1.807, 2.05) is 0 Å². The van der Waals surface area contributed by atoms with Crippen molar-refractivity contribution < 1.29 is 122 Å². The summed E-state index contributed by atoms with van der Waals surface area (Å²) in [5.74, 6) is 0. The third-order valence-electron chi connectivity index (χ3n) is 0. The van der Waals surface area contributed by atoms with Crippen LogP contribution in [0.4, 0.5) is 0 Å². The van der Waals surface area contributed by atoms with Crippen LogP contribution >= 0.6 is 0 Å². The molecular formula is H2Na2O9S2Zr. The van der Waals surface area contributed by atoms with E-state index in [0.29, 0.717) is 24.7 Å². The van der Waals surface area contributed by atoms with Crippen LogP contribution in [-0.4, -0.2) is 35.0 Å². The second-order valence-electron chi connectivity index (χ2n) is 0.855. The van der Waals surface area contributed by atoms with Crippen molar-refractivity contribution >= 4 is 20.8 Å². The Hall–Kier alpha value is 2.42. The third kappa shape index (κ3) is 443. The molecule has 0 aromatic rings. The Balaban J connectivity index is -0.0000000292. The fourth-order valence-electron chi connectivity index (χ4n) is 0. The zero-order valence-corrected chi connectivity index (χ0v) is 15.2. The molecule has 14 heteroatoms. The fraction of sp³-hybridized carbons (Fsp3) is 0. The summed E-state index contributed by atoms with van der Waals surface area (Å²) in [4.78, 5) is 0. The predicted octanol–water partition coefficient (Wildman–Crippen LogP) is -8.10. The molecule has 74 valence electrons. The van der Waals surface area contributed by atoms with Crippen molar-refractivity contribution in [2.24, 2.45) is 0 Å². The quantitative estimate of drug-likeness (QED) is 0.245. The molecule has 0 bridgehead atoms. The molecule has 0 aliphatic rings. The van der Waals surface area contributed by atoms with E-state index in [1.165, 1.54) is 0 Å². The summed E-state index contributed by atoms with van der Waals surface area (Å²) >= 11 is 0.300. The Labute approximate surface area is 140 Å². The van der Waals surface area contributed by atoms with Gasteiger partial charge >= 0.3 is 86.7 Å². The molecule has 0 saturated carbocycles. The zero-order valence-electron chi connectivity index (χ0n) is 7.07. The number of rotatable bonds is 0. The van der Waals surface area contributed by atoms with Gasteiger partial charge in [-0.2, -0.15) is 0 Å². The minimum absolute atomic E-state index is 0. The average Bonchev–Trinajstić information content (AvgIpc) is 1.59.